The third-order valence-corrected chi connectivity index (χ3v) is 5.46. The van der Waals surface area contributed by atoms with Gasteiger partial charge in [-0.3, -0.25) is 9.59 Å². The van der Waals surface area contributed by atoms with E-state index in [2.05, 4.69) is 0 Å². The van der Waals surface area contributed by atoms with Crippen LogP contribution in [-0.2, 0) is 0 Å². The van der Waals surface area contributed by atoms with Crippen molar-refractivity contribution >= 4 is 16.9 Å². The van der Waals surface area contributed by atoms with Crippen LogP contribution in [0.1, 0.15) is 34.6 Å². The van der Waals surface area contributed by atoms with Gasteiger partial charge in [0.25, 0.3) is 5.91 Å². The van der Waals surface area contributed by atoms with E-state index in [9.17, 15) is 9.59 Å². The highest BCUT2D eigenvalue weighted by atomic mass is 16.5. The van der Waals surface area contributed by atoms with Crippen LogP contribution >= 0.6 is 0 Å². The lowest BCUT2D eigenvalue weighted by Crippen LogP contribution is -2.35. The first kappa shape index (κ1) is 20.9. The maximum absolute atomic E-state index is 13.5. The van der Waals surface area contributed by atoms with E-state index in [1.165, 1.54) is 0 Å². The van der Waals surface area contributed by atoms with Gasteiger partial charge in [0.05, 0.1) is 30.7 Å². The Bertz CT molecular complexity index is 1180. The highest BCUT2D eigenvalue weighted by Crippen LogP contribution is 2.40. The van der Waals surface area contributed by atoms with E-state index in [0.29, 0.717) is 47.7 Å². The van der Waals surface area contributed by atoms with Crippen LogP contribution in [0.3, 0.4) is 0 Å². The van der Waals surface area contributed by atoms with Crippen molar-refractivity contribution in [1.29, 1.82) is 0 Å². The highest BCUT2D eigenvalue weighted by Gasteiger charge is 2.42. The Labute approximate surface area is 180 Å². The second kappa shape index (κ2) is 8.43. The molecule has 1 aliphatic rings. The van der Waals surface area contributed by atoms with Gasteiger partial charge in [0, 0.05) is 13.1 Å². The number of fused-ring (bicyclic) bond motifs is 2. The SMILES string of the molecule is CCOc1ccc(C2c3c(oc4ccccc4c3=O)C(=O)N2CCN(C)C)cc1OC. The Morgan fingerprint density at radius 3 is 2.58 bits per heavy atom. The third-order valence-electron chi connectivity index (χ3n) is 5.46. The zero-order valence-electron chi connectivity index (χ0n) is 18.2. The van der Waals surface area contributed by atoms with Gasteiger partial charge in [0.1, 0.15) is 5.58 Å². The lowest BCUT2D eigenvalue weighted by molar-refractivity contribution is 0.0716. The number of amides is 1. The van der Waals surface area contributed by atoms with Crippen LogP contribution in [0.5, 0.6) is 11.5 Å². The molecule has 1 unspecified atom stereocenters. The Morgan fingerprint density at radius 2 is 1.87 bits per heavy atom. The maximum atomic E-state index is 13.5. The minimum atomic E-state index is -0.562. The second-order valence-electron chi connectivity index (χ2n) is 7.72. The van der Waals surface area contributed by atoms with Gasteiger partial charge in [-0.2, -0.15) is 0 Å². The van der Waals surface area contributed by atoms with E-state index in [1.807, 2.05) is 44.1 Å². The third kappa shape index (κ3) is 3.65. The summed E-state index contributed by atoms with van der Waals surface area (Å²) in [6.45, 7) is 3.51. The molecule has 31 heavy (non-hydrogen) atoms. The topological polar surface area (TPSA) is 72.2 Å². The maximum Gasteiger partial charge on any atom is 0.290 e. The molecule has 162 valence electrons. The van der Waals surface area contributed by atoms with Crippen LogP contribution in [0.15, 0.2) is 51.7 Å². The predicted octanol–water partition coefficient (Wildman–Crippen LogP) is 3.31. The summed E-state index contributed by atoms with van der Waals surface area (Å²) in [5.74, 6) is 1.000. The number of rotatable bonds is 7. The molecule has 1 aliphatic heterocycles. The molecular weight excluding hydrogens is 396 g/mol. The summed E-state index contributed by atoms with van der Waals surface area (Å²) in [6.07, 6.45) is 0. The number of hydrogen-bond donors (Lipinski definition) is 0. The minimum absolute atomic E-state index is 0.111. The van der Waals surface area contributed by atoms with Crippen molar-refractivity contribution in [3.63, 3.8) is 0 Å². The molecule has 0 radical (unpaired) electrons. The monoisotopic (exact) mass is 422 g/mol. The molecule has 2 aromatic carbocycles. The first-order chi connectivity index (χ1) is 15.0. The molecular formula is C24H26N2O5. The summed E-state index contributed by atoms with van der Waals surface area (Å²) in [5, 5.41) is 0.464. The Hall–Kier alpha value is -3.32. The Balaban J connectivity index is 1.91. The molecule has 0 saturated heterocycles. The quantitative estimate of drug-likeness (QED) is 0.582. The summed E-state index contributed by atoms with van der Waals surface area (Å²) in [6, 6.07) is 12.0. The predicted molar refractivity (Wildman–Crippen MR) is 118 cm³/mol. The molecule has 7 heteroatoms. The summed E-state index contributed by atoms with van der Waals surface area (Å²) < 4.78 is 17.1. The number of benzene rings is 2. The van der Waals surface area contributed by atoms with Crippen LogP contribution in [0, 0.1) is 0 Å². The highest BCUT2D eigenvalue weighted by molar-refractivity contribution is 5.99. The molecule has 1 aromatic heterocycles. The number of carbonyl (C=O) groups excluding carboxylic acids is 1. The van der Waals surface area contributed by atoms with Crippen molar-refractivity contribution in [2.45, 2.75) is 13.0 Å². The molecule has 0 aliphatic carbocycles. The fourth-order valence-corrected chi connectivity index (χ4v) is 3.98. The standard InChI is InChI=1S/C24H26N2O5/c1-5-30-18-11-10-15(14-19(18)29-4)21-20-22(27)16-8-6-7-9-17(16)31-23(20)24(28)26(21)13-12-25(2)3/h6-11,14,21H,5,12-13H2,1-4H3. The first-order valence-electron chi connectivity index (χ1n) is 10.3. The van der Waals surface area contributed by atoms with Crippen LogP contribution in [0.2, 0.25) is 0 Å². The van der Waals surface area contributed by atoms with Gasteiger partial charge >= 0.3 is 0 Å². The van der Waals surface area contributed by atoms with Gasteiger partial charge in [0.15, 0.2) is 16.9 Å². The molecule has 1 atom stereocenters. The van der Waals surface area contributed by atoms with E-state index >= 15 is 0 Å². The van der Waals surface area contributed by atoms with Gasteiger partial charge in [0.2, 0.25) is 5.76 Å². The van der Waals surface area contributed by atoms with Crippen molar-refractivity contribution in [3.8, 4) is 11.5 Å². The molecule has 4 rings (SSSR count). The molecule has 3 aromatic rings. The fraction of sp³-hybridized carbons (Fsp3) is 0.333. The molecule has 1 amide bonds. The van der Waals surface area contributed by atoms with E-state index in [0.717, 1.165) is 5.56 Å². The summed E-state index contributed by atoms with van der Waals surface area (Å²) in [4.78, 5) is 30.5. The molecule has 0 N–H and O–H groups in total. The molecule has 0 fully saturated rings. The summed E-state index contributed by atoms with van der Waals surface area (Å²) >= 11 is 0. The lowest BCUT2D eigenvalue weighted by atomic mass is 9.98. The molecule has 0 spiro atoms. The molecule has 7 nitrogen and oxygen atoms in total. The zero-order valence-corrected chi connectivity index (χ0v) is 18.2. The first-order valence-corrected chi connectivity index (χ1v) is 10.3. The second-order valence-corrected chi connectivity index (χ2v) is 7.72. The van der Waals surface area contributed by atoms with Gasteiger partial charge < -0.3 is 23.7 Å². The van der Waals surface area contributed by atoms with Gasteiger partial charge in [-0.25, -0.2) is 0 Å². The average Bonchev–Trinajstić information content (AvgIpc) is 3.05. The summed E-state index contributed by atoms with van der Waals surface area (Å²) in [7, 11) is 5.46. The van der Waals surface area contributed by atoms with E-state index in [1.54, 1.807) is 36.3 Å². The summed E-state index contributed by atoms with van der Waals surface area (Å²) in [5.41, 5.74) is 1.37. The van der Waals surface area contributed by atoms with Crippen LogP contribution in [0.4, 0.5) is 0 Å². The van der Waals surface area contributed by atoms with Crippen LogP contribution < -0.4 is 14.9 Å². The van der Waals surface area contributed by atoms with Crippen molar-refractivity contribution in [1.82, 2.24) is 9.80 Å². The number of likely N-dealkylation sites (N-methyl/N-ethyl adjacent to an activating group) is 1. The van der Waals surface area contributed by atoms with E-state index < -0.39 is 6.04 Å². The number of nitrogens with zero attached hydrogens (tertiary/aromatic N) is 2. The number of ether oxygens (including phenoxy) is 2. The number of methoxy groups -OCH3 is 1. The number of carbonyl (C=O) groups is 1. The largest absolute Gasteiger partial charge is 0.493 e. The zero-order chi connectivity index (χ0) is 22.1. The normalized spacial score (nSPS) is 15.6. The number of hydrogen-bond acceptors (Lipinski definition) is 6. The van der Waals surface area contributed by atoms with Crippen LogP contribution in [-0.4, -0.2) is 56.6 Å². The smallest absolute Gasteiger partial charge is 0.290 e. The fourth-order valence-electron chi connectivity index (χ4n) is 3.98. The van der Waals surface area contributed by atoms with E-state index in [-0.39, 0.29) is 17.1 Å². The minimum Gasteiger partial charge on any atom is -0.493 e. The van der Waals surface area contributed by atoms with Crippen molar-refractivity contribution in [3.05, 3.63) is 69.6 Å². The van der Waals surface area contributed by atoms with Crippen molar-refractivity contribution in [2.75, 3.05) is 40.9 Å². The van der Waals surface area contributed by atoms with Gasteiger partial charge in [-0.05, 0) is 50.8 Å². The Kier molecular flexibility index (Phi) is 5.69. The van der Waals surface area contributed by atoms with E-state index in [4.69, 9.17) is 13.9 Å². The van der Waals surface area contributed by atoms with Crippen molar-refractivity contribution < 1.29 is 18.7 Å². The molecule has 0 bridgehead atoms. The Morgan fingerprint density at radius 1 is 1.10 bits per heavy atom. The van der Waals surface area contributed by atoms with Gasteiger partial charge in [-0.15, -0.1) is 0 Å². The van der Waals surface area contributed by atoms with Crippen molar-refractivity contribution in [2.24, 2.45) is 0 Å². The number of para-hydroxylation sites is 1. The van der Waals surface area contributed by atoms with Crippen LogP contribution in [0.25, 0.3) is 11.0 Å². The average molecular weight is 422 g/mol. The molecule has 2 heterocycles. The lowest BCUT2D eigenvalue weighted by Gasteiger charge is -2.27. The van der Waals surface area contributed by atoms with Gasteiger partial charge in [-0.1, -0.05) is 18.2 Å². The molecule has 0 saturated carbocycles.